The Hall–Kier alpha value is -8.16. The minimum absolute atomic E-state index is 0.0133. The molecule has 4 saturated heterocycles. The Bertz CT molecular complexity index is 5160. The molecule has 4 aromatic carbocycles. The van der Waals surface area contributed by atoms with E-state index in [9.17, 15) is 53.4 Å². The van der Waals surface area contributed by atoms with E-state index in [-0.39, 0.29) is 153 Å². The lowest BCUT2D eigenvalue weighted by atomic mass is 9.71. The third kappa shape index (κ3) is 31.0. The van der Waals surface area contributed by atoms with Crippen molar-refractivity contribution in [1.82, 2.24) is 50.2 Å². The van der Waals surface area contributed by atoms with E-state index in [4.69, 9.17) is 49.0 Å². The van der Waals surface area contributed by atoms with Gasteiger partial charge in [-0.15, -0.1) is 34.0 Å². The number of hydrogen-bond donors (Lipinski definition) is 5. The molecule has 0 unspecified atom stereocenters. The molecule has 6 saturated carbocycles. The zero-order chi connectivity index (χ0) is 99.3. The van der Waals surface area contributed by atoms with E-state index < -0.39 is 36.4 Å². The fourth-order valence-electron chi connectivity index (χ4n) is 23.5. The number of hydrogen-bond acceptors (Lipinski definition) is 21. The Kier molecular flexibility index (Phi) is 41.1. The highest BCUT2D eigenvalue weighted by molar-refractivity contribution is 7.10. The van der Waals surface area contributed by atoms with Crippen molar-refractivity contribution in [3.63, 3.8) is 0 Å². The number of ketones is 3. The van der Waals surface area contributed by atoms with Crippen LogP contribution in [0.15, 0.2) is 156 Å². The summed E-state index contributed by atoms with van der Waals surface area (Å²) in [6.45, 7) is 7.82. The molecular formula is C112H149Cl3N10O14S3. The zero-order valence-electron chi connectivity index (χ0n) is 82.9. The molecule has 17 rings (SSSR count). The van der Waals surface area contributed by atoms with E-state index in [0.29, 0.717) is 95.8 Å². The Balaban J connectivity index is 0.000000162. The van der Waals surface area contributed by atoms with E-state index in [0.717, 1.165) is 156 Å². The van der Waals surface area contributed by atoms with Gasteiger partial charge in [-0.25, -0.2) is 14.4 Å². The summed E-state index contributed by atoms with van der Waals surface area (Å²) < 4.78 is 16.9. The van der Waals surface area contributed by atoms with E-state index >= 15 is 0 Å². The van der Waals surface area contributed by atoms with Crippen molar-refractivity contribution in [2.24, 2.45) is 34.5 Å². The molecule has 10 fully saturated rings. The number of amides is 6. The van der Waals surface area contributed by atoms with Gasteiger partial charge in [0.1, 0.15) is 18.1 Å². The quantitative estimate of drug-likeness (QED) is 0.0251. The molecule has 0 bridgehead atoms. The summed E-state index contributed by atoms with van der Waals surface area (Å²) in [6, 6.07) is 40.7. The molecule has 10 aliphatic rings. The van der Waals surface area contributed by atoms with Gasteiger partial charge in [-0.1, -0.05) is 223 Å². The van der Waals surface area contributed by atoms with Gasteiger partial charge in [-0.05, 0) is 239 Å². The number of benzene rings is 4. The van der Waals surface area contributed by atoms with Crippen LogP contribution in [0.4, 0.5) is 14.4 Å². The summed E-state index contributed by atoms with van der Waals surface area (Å²) in [5, 5.41) is 37.9. The number of thiophene rings is 3. The van der Waals surface area contributed by atoms with Crippen LogP contribution in [-0.4, -0.2) is 237 Å². The van der Waals surface area contributed by atoms with Gasteiger partial charge in [-0.3, -0.25) is 33.7 Å². The SMILES string of the molecule is CC1(CO)CCC(N[C@H](CC2CCCCC2)C(=O)N2CCN(C(=O)Oc3ccccc3Cl)C[C@H]2C(=O)CCc2cccs2)CC1.O=C(CCc1cccs1)[C@@H]1CN(C(=O)Oc2ccccc2Cl)CCN1C(=O)[C@@H](CC1CCCCC1)NC1CCC(CO)CC1.O=C(CCc1cccs1)[C@@H]1CN(C(=O)Oc2ccccc2Cl)CCN1C(=O)[C@@H](CC1CCCCC1)NC1CCC2(CC1)CCN(Cc1ccccc1)C2. The maximum absolute atomic E-state index is 14.8. The highest BCUT2D eigenvalue weighted by Gasteiger charge is 2.48. The highest BCUT2D eigenvalue weighted by atomic mass is 35.5. The second kappa shape index (κ2) is 54.0. The van der Waals surface area contributed by atoms with Crippen molar-refractivity contribution in [3.8, 4) is 17.2 Å². The number of ether oxygens (including phenoxy) is 3. The number of rotatable bonds is 34. The number of aryl methyl sites for hydroxylation is 3. The van der Waals surface area contributed by atoms with Crippen LogP contribution in [-0.2, 0) is 54.6 Å². The van der Waals surface area contributed by atoms with Crippen LogP contribution >= 0.6 is 68.8 Å². The summed E-state index contributed by atoms with van der Waals surface area (Å²) in [5.74, 6) is 2.47. The molecule has 7 aromatic rings. The molecule has 7 heterocycles. The fraction of sp³-hybridized carbons (Fsp3) is 0.598. The zero-order valence-corrected chi connectivity index (χ0v) is 87.6. The molecule has 770 valence electrons. The van der Waals surface area contributed by atoms with Crippen molar-refractivity contribution in [2.75, 3.05) is 85.2 Å². The molecule has 6 amide bonds. The molecule has 5 N–H and O–H groups in total. The second-order valence-corrected chi connectivity index (χ2v) is 46.6. The second-order valence-electron chi connectivity index (χ2n) is 42.3. The highest BCUT2D eigenvalue weighted by Crippen LogP contribution is 2.46. The first kappa shape index (κ1) is 108. The summed E-state index contributed by atoms with van der Waals surface area (Å²) >= 11 is 23.6. The minimum atomic E-state index is -0.746. The van der Waals surface area contributed by atoms with Crippen molar-refractivity contribution < 1.29 is 67.6 Å². The molecule has 30 heteroatoms. The number of nitrogens with zero attached hydrogens (tertiary/aromatic N) is 7. The lowest BCUT2D eigenvalue weighted by Gasteiger charge is -2.43. The number of aliphatic hydroxyl groups is 2. The number of para-hydroxylation sites is 3. The predicted octanol–water partition coefficient (Wildman–Crippen LogP) is 21.0. The number of aliphatic hydroxyl groups excluding tert-OH is 2. The number of Topliss-reactive ketones (excluding diaryl/α,β-unsaturated/α-hetero) is 3. The Morgan fingerprint density at radius 3 is 1.05 bits per heavy atom. The normalized spacial score (nSPS) is 24.5. The van der Waals surface area contributed by atoms with Gasteiger partial charge >= 0.3 is 18.3 Å². The fourth-order valence-corrected chi connectivity index (χ4v) is 26.2. The van der Waals surface area contributed by atoms with Gasteiger partial charge in [-0.2, -0.15) is 0 Å². The third-order valence-corrected chi connectivity index (χ3v) is 35.9. The number of halogens is 3. The first-order valence-electron chi connectivity index (χ1n) is 53.0. The van der Waals surface area contributed by atoms with Crippen molar-refractivity contribution in [2.45, 2.75) is 305 Å². The standard InChI is InChI=1S/C43H55ClN4O4S.C35H48ClN3O5S.C34H46ClN3O5S/c44-36-15-7-8-16-40(36)52-42(51)47-25-26-48(38(30-47)39(49)18-17-35-14-9-27-53-35)41(50)37(28-32-10-3-1-4-11-32)45-34-19-21-43(22-20-34)23-24-46(31-43)29-33-12-5-2-6-13-33;1-35(24-40)17-15-26(16-18-35)37-29(22-25-8-3-2-4-9-25)33(42)39-20-19-38(34(43)44-32-12-6-5-11-28(32)36)23-30(39)31(41)14-13-27-10-7-21-45-27;35-28-10-4-5-11-32(28)43-34(42)37-18-19-38(30(22-37)31(40)17-16-27-9-6-20-44-27)33(41)29(21-24-7-2-1-3-8-24)36-26-14-12-25(23-39)13-15-26/h2,5-9,12-16,27,32,34,37-38,45H,1,3-4,10-11,17-26,28-31H2;5-7,10-12,21,25-26,29-30,37,40H,2-4,8-9,13-20,22-24H2,1H3;4-6,9-11,20,24-26,29-30,36,39H,1-3,7-8,12-19,21-23H2/t34?,37-,38+,43?;26?,29-,30+,35?;25?,26?,29-,30+/m111/s1. The molecule has 24 nitrogen and oxygen atoms in total. The average Bonchev–Trinajstić information content (AvgIpc) is 1.74. The van der Waals surface area contributed by atoms with Crippen LogP contribution in [0, 0.1) is 34.5 Å². The average molecular weight is 2060 g/mol. The largest absolute Gasteiger partial charge is 0.415 e. The predicted molar refractivity (Wildman–Crippen MR) is 562 cm³/mol. The van der Waals surface area contributed by atoms with Crippen LogP contribution in [0.25, 0.3) is 0 Å². The van der Waals surface area contributed by atoms with Gasteiger partial charge in [0.2, 0.25) is 17.7 Å². The number of likely N-dealkylation sites (tertiary alicyclic amines) is 1. The summed E-state index contributed by atoms with van der Waals surface area (Å²) in [5.41, 5.74) is 1.69. The van der Waals surface area contributed by atoms with Crippen LogP contribution in [0.1, 0.15) is 245 Å². The van der Waals surface area contributed by atoms with Crippen molar-refractivity contribution in [3.05, 3.63) is 191 Å². The Morgan fingerprint density at radius 1 is 0.380 bits per heavy atom. The molecule has 6 aliphatic carbocycles. The molecule has 142 heavy (non-hydrogen) atoms. The lowest BCUT2D eigenvalue weighted by molar-refractivity contribution is -0.145. The lowest BCUT2D eigenvalue weighted by Crippen LogP contribution is -2.63. The maximum atomic E-state index is 14.8. The van der Waals surface area contributed by atoms with Gasteiger partial charge in [0.15, 0.2) is 34.6 Å². The minimum Gasteiger partial charge on any atom is -0.409 e. The summed E-state index contributed by atoms with van der Waals surface area (Å²) in [4.78, 5) is 141. The summed E-state index contributed by atoms with van der Waals surface area (Å²) in [6.07, 6.45) is 34.4. The monoisotopic (exact) mass is 2060 g/mol. The maximum Gasteiger partial charge on any atom is 0.415 e. The van der Waals surface area contributed by atoms with Crippen molar-refractivity contribution >= 4 is 122 Å². The topological polar surface area (TPSA) is 281 Å². The van der Waals surface area contributed by atoms with Crippen LogP contribution in [0.2, 0.25) is 15.1 Å². The first-order valence-corrected chi connectivity index (χ1v) is 56.7. The van der Waals surface area contributed by atoms with Gasteiger partial charge in [0.25, 0.3) is 0 Å². The molecule has 4 aliphatic heterocycles. The van der Waals surface area contributed by atoms with Gasteiger partial charge in [0, 0.05) is 118 Å². The molecule has 3 aromatic heterocycles. The van der Waals surface area contributed by atoms with Crippen LogP contribution in [0.5, 0.6) is 17.2 Å². The Labute approximate surface area is 867 Å². The first-order chi connectivity index (χ1) is 69.0. The molecule has 6 atom stereocenters. The molecular weight excluding hydrogens is 1910 g/mol. The molecule has 0 radical (unpaired) electrons. The van der Waals surface area contributed by atoms with Gasteiger partial charge < -0.3 is 69.8 Å². The van der Waals surface area contributed by atoms with E-state index in [1.165, 1.54) is 92.4 Å². The van der Waals surface area contributed by atoms with E-state index in [2.05, 4.69) is 58.1 Å². The third-order valence-electron chi connectivity index (χ3n) is 32.2. The molecule has 1 spiro atoms. The number of nitrogens with one attached hydrogen (secondary N) is 3. The Morgan fingerprint density at radius 2 is 0.718 bits per heavy atom. The van der Waals surface area contributed by atoms with Crippen molar-refractivity contribution in [1.29, 1.82) is 0 Å². The van der Waals surface area contributed by atoms with E-state index in [1.807, 2.05) is 52.5 Å². The summed E-state index contributed by atoms with van der Waals surface area (Å²) in [7, 11) is 0. The smallest absolute Gasteiger partial charge is 0.409 e. The number of piperazine rings is 3. The van der Waals surface area contributed by atoms with Crippen LogP contribution < -0.4 is 30.2 Å². The van der Waals surface area contributed by atoms with Gasteiger partial charge in [0.05, 0.1) is 52.8 Å². The number of carbonyl (C=O) groups excluding carboxylic acids is 9. The number of carbonyl (C=O) groups is 9. The van der Waals surface area contributed by atoms with E-state index in [1.54, 1.807) is 126 Å². The van der Waals surface area contributed by atoms with Crippen LogP contribution in [0.3, 0.4) is 0 Å².